The molecule has 3 heteroatoms. The van der Waals surface area contributed by atoms with Crippen molar-refractivity contribution in [2.45, 2.75) is 71.8 Å². The molecule has 1 atom stereocenters. The summed E-state index contributed by atoms with van der Waals surface area (Å²) in [4.78, 5) is 0. The van der Waals surface area contributed by atoms with Crippen molar-refractivity contribution in [2.24, 2.45) is 21.7 Å². The third-order valence-corrected chi connectivity index (χ3v) is 6.25. The fourth-order valence-electron chi connectivity index (χ4n) is 7.19. The molecule has 0 amide bonds. The van der Waals surface area contributed by atoms with Crippen LogP contribution in [0.4, 0.5) is 0 Å². The summed E-state index contributed by atoms with van der Waals surface area (Å²) in [7, 11) is 0. The van der Waals surface area contributed by atoms with Crippen molar-refractivity contribution in [3.63, 3.8) is 0 Å². The van der Waals surface area contributed by atoms with Gasteiger partial charge in [-0.15, -0.1) is 0 Å². The molecule has 0 radical (unpaired) electrons. The fourth-order valence-corrected chi connectivity index (χ4v) is 7.19. The van der Waals surface area contributed by atoms with Crippen LogP contribution in [0.1, 0.15) is 66.2 Å². The smallest absolute Gasteiger partial charge is 0.0637 e. The Morgan fingerprint density at radius 1 is 0.950 bits per heavy atom. The Labute approximate surface area is 117 Å². The molecular formula is C17H26NORf-. The molecule has 2 nitrogen and oxygen atoms in total. The van der Waals surface area contributed by atoms with Gasteiger partial charge in [-0.05, 0) is 60.2 Å². The minimum atomic E-state index is -1.25. The Balaban J connectivity index is 0.00000147. The van der Waals surface area contributed by atoms with Gasteiger partial charge in [0.1, 0.15) is 0 Å². The first-order valence-corrected chi connectivity index (χ1v) is 7.56. The van der Waals surface area contributed by atoms with Crippen molar-refractivity contribution < 1.29 is 5.11 Å². The van der Waals surface area contributed by atoms with Crippen LogP contribution in [0.2, 0.25) is 0 Å². The molecule has 1 N–H and O–H groups in total. The van der Waals surface area contributed by atoms with E-state index in [2.05, 4.69) is 26.8 Å². The number of nitrogens with zero attached hydrogens (tertiary/aromatic N) is 1. The molecule has 0 aromatic carbocycles. The summed E-state index contributed by atoms with van der Waals surface area (Å²) >= 11 is 0. The van der Waals surface area contributed by atoms with Crippen LogP contribution in [-0.4, -0.2) is 10.7 Å². The summed E-state index contributed by atoms with van der Waals surface area (Å²) in [6, 6.07) is 2.24. The second kappa shape index (κ2) is 3.55. The van der Waals surface area contributed by atoms with Crippen LogP contribution in [0.15, 0.2) is 0 Å². The van der Waals surface area contributed by atoms with Gasteiger partial charge in [0.05, 0.1) is 6.07 Å². The van der Waals surface area contributed by atoms with E-state index in [0.29, 0.717) is 16.2 Å². The molecule has 108 valence electrons. The molecule has 4 aliphatic rings. The van der Waals surface area contributed by atoms with E-state index in [9.17, 15) is 10.4 Å². The molecule has 20 heavy (non-hydrogen) atoms. The maximum atomic E-state index is 10.9. The van der Waals surface area contributed by atoms with Crippen molar-refractivity contribution in [3.8, 4) is 6.07 Å². The molecule has 0 aliphatic heterocycles. The molecule has 0 aromatic heterocycles. The van der Waals surface area contributed by atoms with E-state index in [1.807, 2.05) is 6.92 Å². The monoisotopic (exact) mass is 527 g/mol. The molecule has 4 fully saturated rings. The molecule has 4 saturated carbocycles. The van der Waals surface area contributed by atoms with Gasteiger partial charge in [-0.3, -0.25) is 6.42 Å². The van der Waals surface area contributed by atoms with Gasteiger partial charge in [0, 0.05) is 5.60 Å². The number of hydrogen-bond donors (Lipinski definition) is 1. The predicted octanol–water partition coefficient (Wildman–Crippen LogP) is 3.85. The minimum absolute atomic E-state index is 0. The molecular weight excluding hydrogens is 501 g/mol. The second-order valence-corrected chi connectivity index (χ2v) is 8.94. The van der Waals surface area contributed by atoms with E-state index in [4.69, 9.17) is 0 Å². The van der Waals surface area contributed by atoms with Crippen molar-refractivity contribution in [1.82, 2.24) is 0 Å². The van der Waals surface area contributed by atoms with Gasteiger partial charge in [-0.25, -0.2) is 0 Å². The summed E-state index contributed by atoms with van der Waals surface area (Å²) in [5, 5.41) is 20.5. The number of aliphatic hydroxyl groups is 1. The normalized spacial score (nSPS) is 52.0. The Hall–Kier alpha value is -1.55. The van der Waals surface area contributed by atoms with Gasteiger partial charge in [-0.2, -0.15) is 12.2 Å². The zero-order valence-corrected chi connectivity index (χ0v) is 19.8. The van der Waals surface area contributed by atoms with Crippen LogP contribution in [0.25, 0.3) is 0 Å². The van der Waals surface area contributed by atoms with Crippen molar-refractivity contribution in [1.29, 1.82) is 5.26 Å². The first-order chi connectivity index (χ1) is 8.61. The number of hydrogen-bond acceptors (Lipinski definition) is 2. The van der Waals surface area contributed by atoms with E-state index >= 15 is 0 Å². The predicted molar refractivity (Wildman–Crippen MR) is 75.0 cm³/mol. The van der Waals surface area contributed by atoms with E-state index in [0.717, 1.165) is 19.3 Å². The molecule has 0 spiro atoms. The van der Waals surface area contributed by atoms with E-state index < -0.39 is 5.60 Å². The third kappa shape index (κ3) is 1.61. The Bertz CT molecular complexity index is 415. The van der Waals surface area contributed by atoms with Gasteiger partial charge in [0.25, 0.3) is 0 Å². The van der Waals surface area contributed by atoms with Crippen LogP contribution in [0.5, 0.6) is 0 Å². The van der Waals surface area contributed by atoms with E-state index in [-0.39, 0.29) is 5.41 Å². The first kappa shape index (κ1) is 14.9. The maximum Gasteiger partial charge on any atom is 0.0637 e. The van der Waals surface area contributed by atoms with Gasteiger partial charge < -0.3 is 5.11 Å². The SMILES string of the molecule is C[CH-]C(O)(C#N)C12CC3(C)CC(C)(CC(C)(C3)C1)C2.[Rf]. The fraction of sp³-hybridized carbons (Fsp3) is 0.882. The average Bonchev–Trinajstić information content (AvgIpc) is 2.21. The Morgan fingerprint density at radius 2 is 1.30 bits per heavy atom. The average molecular weight is 527 g/mol. The quantitative estimate of drug-likeness (QED) is 0.438. The number of rotatable bonds is 2. The van der Waals surface area contributed by atoms with Gasteiger partial charge in [0.15, 0.2) is 0 Å². The molecule has 4 bridgehead atoms. The van der Waals surface area contributed by atoms with Crippen LogP contribution in [-0.2, 0) is 0 Å². The zero-order valence-electron chi connectivity index (χ0n) is 13.4. The first-order valence-electron chi connectivity index (χ1n) is 7.56. The van der Waals surface area contributed by atoms with E-state index in [1.165, 1.54) is 19.3 Å². The number of nitriles is 1. The van der Waals surface area contributed by atoms with Crippen molar-refractivity contribution in [3.05, 3.63) is 6.42 Å². The molecule has 4 rings (SSSR count). The van der Waals surface area contributed by atoms with Crippen LogP contribution in [0.3, 0.4) is 0 Å². The minimum Gasteiger partial charge on any atom is -0.407 e. The van der Waals surface area contributed by atoms with E-state index in [1.54, 1.807) is 6.42 Å². The standard InChI is InChI=1S/C17H26NO.Rf/c1-5-17(19,12-18)16-9-13(2)6-14(3,10-16)8-15(4,7-13)11-16;/h5,19H,6-11H2,1-4H3;/q-1;. The summed E-state index contributed by atoms with van der Waals surface area (Å²) < 4.78 is 0. The molecule has 0 heterocycles. The Morgan fingerprint density at radius 3 is 1.55 bits per heavy atom. The van der Waals surface area contributed by atoms with Crippen LogP contribution >= 0.6 is 0 Å². The third-order valence-electron chi connectivity index (χ3n) is 6.25. The largest absolute Gasteiger partial charge is 0.407 e. The second-order valence-electron chi connectivity index (χ2n) is 8.94. The molecule has 1 unspecified atom stereocenters. The van der Waals surface area contributed by atoms with Gasteiger partial charge in [0.2, 0.25) is 0 Å². The topological polar surface area (TPSA) is 44.0 Å². The van der Waals surface area contributed by atoms with Crippen LogP contribution < -0.4 is 0 Å². The van der Waals surface area contributed by atoms with Crippen molar-refractivity contribution in [2.75, 3.05) is 0 Å². The summed E-state index contributed by atoms with van der Waals surface area (Å²) in [5.41, 5.74) is -0.536. The molecule has 0 saturated heterocycles. The molecule has 4 aliphatic carbocycles. The zero-order chi connectivity index (χ0) is 14.2. The van der Waals surface area contributed by atoms with Crippen LogP contribution in [0, 0.1) is 39.4 Å². The van der Waals surface area contributed by atoms with Gasteiger partial charge in [-0.1, -0.05) is 20.8 Å². The molecule has 0 aromatic rings. The summed E-state index contributed by atoms with van der Waals surface area (Å²) in [6.07, 6.45) is 8.59. The van der Waals surface area contributed by atoms with Crippen molar-refractivity contribution >= 4 is 0 Å². The summed E-state index contributed by atoms with van der Waals surface area (Å²) in [6.45, 7) is 8.98. The Kier molecular flexibility index (Phi) is 2.64. The van der Waals surface area contributed by atoms with Gasteiger partial charge >= 0.3 is 0 Å². The maximum absolute atomic E-state index is 10.9. The summed E-state index contributed by atoms with van der Waals surface area (Å²) in [5.74, 6) is 0.